The molecule has 1 aliphatic rings. The van der Waals surface area contributed by atoms with E-state index in [1.807, 2.05) is 0 Å². The van der Waals surface area contributed by atoms with E-state index in [1.54, 1.807) is 41.3 Å². The number of nitro benzene ring substituents is 1. The summed E-state index contributed by atoms with van der Waals surface area (Å²) in [7, 11) is 0. The van der Waals surface area contributed by atoms with Crippen molar-refractivity contribution in [3.05, 3.63) is 81.9 Å². The second-order valence-corrected chi connectivity index (χ2v) is 7.09. The lowest BCUT2D eigenvalue weighted by Gasteiger charge is -2.29. The Hall–Kier alpha value is -4.08. The normalized spacial score (nSPS) is 12.8. The molecule has 1 aliphatic heterocycles. The smallest absolute Gasteiger partial charge is 0.338 e. The molecule has 10 heteroatoms. The van der Waals surface area contributed by atoms with Gasteiger partial charge in [0.05, 0.1) is 17.0 Å². The molecule has 0 unspecified atom stereocenters. The summed E-state index contributed by atoms with van der Waals surface area (Å²) in [5.41, 5.74) is 2.63. The third kappa shape index (κ3) is 4.58. The summed E-state index contributed by atoms with van der Waals surface area (Å²) in [5, 5.41) is 15.0. The molecule has 0 fully saturated rings. The van der Waals surface area contributed by atoms with Gasteiger partial charge in [-0.2, -0.15) is 5.10 Å². The number of carbonyl (C=O) groups excluding carboxylic acids is 2. The zero-order valence-corrected chi connectivity index (χ0v) is 16.5. The number of aromatic nitrogens is 3. The van der Waals surface area contributed by atoms with Gasteiger partial charge in [-0.15, -0.1) is 0 Å². The highest BCUT2D eigenvalue weighted by molar-refractivity contribution is 5.98. The number of nitrogens with zero attached hydrogens (tertiary/aromatic N) is 5. The highest BCUT2D eigenvalue weighted by Crippen LogP contribution is 2.30. The highest BCUT2D eigenvalue weighted by atomic mass is 16.6. The fourth-order valence-corrected chi connectivity index (χ4v) is 3.49. The van der Waals surface area contributed by atoms with E-state index in [4.69, 9.17) is 4.74 Å². The highest BCUT2D eigenvalue weighted by Gasteiger charge is 2.25. The predicted octanol–water partition coefficient (Wildman–Crippen LogP) is 2.37. The molecule has 1 aromatic heterocycles. The molecule has 0 atom stereocenters. The average Bonchev–Trinajstić information content (AvgIpc) is 3.30. The minimum atomic E-state index is -0.596. The molecule has 1 amide bonds. The van der Waals surface area contributed by atoms with Crippen molar-refractivity contribution in [3.63, 3.8) is 0 Å². The Balaban J connectivity index is 1.37. The van der Waals surface area contributed by atoms with Gasteiger partial charge in [0.15, 0.2) is 6.61 Å². The largest absolute Gasteiger partial charge is 0.452 e. The van der Waals surface area contributed by atoms with Crippen molar-refractivity contribution in [1.82, 2.24) is 14.8 Å². The lowest BCUT2D eigenvalue weighted by molar-refractivity contribution is -0.384. The summed E-state index contributed by atoms with van der Waals surface area (Å²) in [4.78, 5) is 40.9. The van der Waals surface area contributed by atoms with Crippen LogP contribution in [0.1, 0.15) is 27.9 Å². The summed E-state index contributed by atoms with van der Waals surface area (Å²) in [5.74, 6) is -0.965. The van der Waals surface area contributed by atoms with E-state index in [2.05, 4.69) is 10.1 Å². The van der Waals surface area contributed by atoms with Crippen molar-refractivity contribution < 1.29 is 19.2 Å². The molecule has 0 radical (unpaired) electrons. The van der Waals surface area contributed by atoms with Gasteiger partial charge < -0.3 is 9.64 Å². The zero-order valence-electron chi connectivity index (χ0n) is 16.5. The molecule has 10 nitrogen and oxygen atoms in total. The zero-order chi connectivity index (χ0) is 21.8. The molecule has 2 aromatic carbocycles. The Kier molecular flexibility index (Phi) is 5.69. The fourth-order valence-electron chi connectivity index (χ4n) is 3.49. The average molecular weight is 421 g/mol. The molecule has 0 spiro atoms. The van der Waals surface area contributed by atoms with Crippen molar-refractivity contribution in [2.24, 2.45) is 0 Å². The predicted molar refractivity (Wildman–Crippen MR) is 110 cm³/mol. The number of hydrogen-bond donors (Lipinski definition) is 0. The van der Waals surface area contributed by atoms with Crippen molar-refractivity contribution in [2.75, 3.05) is 18.1 Å². The lowest BCUT2D eigenvalue weighted by atomic mass is 10.0. The quantitative estimate of drug-likeness (QED) is 0.340. The first-order valence-corrected chi connectivity index (χ1v) is 9.67. The number of hydrogen-bond acceptors (Lipinski definition) is 7. The van der Waals surface area contributed by atoms with Crippen LogP contribution in [-0.4, -0.2) is 44.7 Å². The molecular formula is C21H19N5O5. The molecular weight excluding hydrogens is 402 g/mol. The number of amides is 1. The van der Waals surface area contributed by atoms with Crippen LogP contribution in [0.15, 0.2) is 55.1 Å². The molecule has 0 saturated carbocycles. The van der Waals surface area contributed by atoms with E-state index in [9.17, 15) is 19.7 Å². The summed E-state index contributed by atoms with van der Waals surface area (Å²) in [6.45, 7) is 0.592. The number of nitro groups is 1. The van der Waals surface area contributed by atoms with Crippen LogP contribution in [0.4, 0.5) is 11.4 Å². The first-order valence-electron chi connectivity index (χ1n) is 9.67. The first-order chi connectivity index (χ1) is 15.0. The van der Waals surface area contributed by atoms with Gasteiger partial charge in [0.1, 0.15) is 12.7 Å². The van der Waals surface area contributed by atoms with Crippen LogP contribution < -0.4 is 4.90 Å². The van der Waals surface area contributed by atoms with E-state index in [0.717, 1.165) is 11.1 Å². The van der Waals surface area contributed by atoms with Gasteiger partial charge in [-0.3, -0.25) is 14.9 Å². The van der Waals surface area contributed by atoms with Crippen molar-refractivity contribution in [2.45, 2.75) is 19.4 Å². The maximum absolute atomic E-state index is 12.6. The van der Waals surface area contributed by atoms with Crippen LogP contribution >= 0.6 is 0 Å². The van der Waals surface area contributed by atoms with Gasteiger partial charge in [-0.25, -0.2) is 14.5 Å². The van der Waals surface area contributed by atoms with Crippen LogP contribution in [0.3, 0.4) is 0 Å². The van der Waals surface area contributed by atoms with Crippen LogP contribution in [0.5, 0.6) is 0 Å². The van der Waals surface area contributed by atoms with Crippen molar-refractivity contribution in [3.8, 4) is 0 Å². The number of ether oxygens (including phenoxy) is 1. The van der Waals surface area contributed by atoms with Gasteiger partial charge in [-0.1, -0.05) is 12.1 Å². The standard InChI is InChI=1S/C21H19N5O5/c27-20(25-9-1-2-17-10-18(26(29)30)7-8-19(17)25)12-31-21(28)16-5-3-15(4-6-16)11-24-14-22-13-23-24/h3-8,10,13-14H,1-2,9,11-12H2. The molecule has 2 heterocycles. The Bertz CT molecular complexity index is 1110. The number of rotatable bonds is 6. The topological polar surface area (TPSA) is 120 Å². The fraction of sp³-hybridized carbons (Fsp3) is 0.238. The van der Waals surface area contributed by atoms with Crippen molar-refractivity contribution >= 4 is 23.3 Å². The van der Waals surface area contributed by atoms with Crippen LogP contribution in [0.2, 0.25) is 0 Å². The van der Waals surface area contributed by atoms with Gasteiger partial charge in [0.2, 0.25) is 0 Å². The Morgan fingerprint density at radius 3 is 2.68 bits per heavy atom. The lowest BCUT2D eigenvalue weighted by Crippen LogP contribution is -2.38. The SMILES string of the molecule is O=C(OCC(=O)N1CCCc2cc([N+](=O)[O-])ccc21)c1ccc(Cn2cncn2)cc1. The number of aryl methyl sites for hydroxylation is 1. The van der Waals surface area contributed by atoms with E-state index in [1.165, 1.54) is 23.4 Å². The second-order valence-electron chi connectivity index (χ2n) is 7.09. The Labute approximate surface area is 177 Å². The van der Waals surface area contributed by atoms with Crippen LogP contribution in [-0.2, 0) is 22.5 Å². The van der Waals surface area contributed by atoms with E-state index < -0.39 is 17.5 Å². The van der Waals surface area contributed by atoms with E-state index >= 15 is 0 Å². The summed E-state index contributed by atoms with van der Waals surface area (Å²) < 4.78 is 6.86. The molecule has 0 N–H and O–H groups in total. The van der Waals surface area contributed by atoms with Crippen LogP contribution in [0.25, 0.3) is 0 Å². The number of anilines is 1. The maximum atomic E-state index is 12.6. The molecule has 31 heavy (non-hydrogen) atoms. The van der Waals surface area contributed by atoms with E-state index in [0.29, 0.717) is 37.2 Å². The third-order valence-electron chi connectivity index (χ3n) is 5.02. The summed E-state index contributed by atoms with van der Waals surface area (Å²) in [6, 6.07) is 11.3. The molecule has 3 aromatic rings. The number of fused-ring (bicyclic) bond motifs is 1. The molecule has 4 rings (SSSR count). The molecule has 0 bridgehead atoms. The van der Waals surface area contributed by atoms with Gasteiger partial charge in [0, 0.05) is 24.4 Å². The minimum absolute atomic E-state index is 0.00765. The van der Waals surface area contributed by atoms with Gasteiger partial charge in [0.25, 0.3) is 11.6 Å². The third-order valence-corrected chi connectivity index (χ3v) is 5.02. The van der Waals surface area contributed by atoms with Gasteiger partial charge >= 0.3 is 5.97 Å². The number of carbonyl (C=O) groups is 2. The Morgan fingerprint density at radius 1 is 1.16 bits per heavy atom. The summed E-state index contributed by atoms with van der Waals surface area (Å²) in [6.07, 6.45) is 4.39. The van der Waals surface area contributed by atoms with E-state index in [-0.39, 0.29) is 11.6 Å². The van der Waals surface area contributed by atoms with Crippen molar-refractivity contribution in [1.29, 1.82) is 0 Å². The van der Waals surface area contributed by atoms with Gasteiger partial charge in [-0.05, 0) is 42.2 Å². The van der Waals surface area contributed by atoms with Crippen LogP contribution in [0, 0.1) is 10.1 Å². The summed E-state index contributed by atoms with van der Waals surface area (Å²) >= 11 is 0. The minimum Gasteiger partial charge on any atom is -0.452 e. The Morgan fingerprint density at radius 2 is 1.97 bits per heavy atom. The molecule has 0 aliphatic carbocycles. The molecule has 158 valence electrons. The number of benzene rings is 2. The number of esters is 1. The maximum Gasteiger partial charge on any atom is 0.338 e. The number of non-ortho nitro benzene ring substituents is 1. The monoisotopic (exact) mass is 421 g/mol. The second kappa shape index (κ2) is 8.74. The molecule has 0 saturated heterocycles. The first kappa shape index (κ1) is 20.2.